The fraction of sp³-hybridized carbons (Fsp3) is 0.857. The van der Waals surface area contributed by atoms with Gasteiger partial charge < -0.3 is 9.47 Å². The van der Waals surface area contributed by atoms with Gasteiger partial charge in [-0.25, -0.2) is 0 Å². The van der Waals surface area contributed by atoms with Gasteiger partial charge in [0.15, 0.2) is 0 Å². The molecule has 0 radical (unpaired) electrons. The fourth-order valence-corrected chi connectivity index (χ4v) is 8.91. The number of esters is 2. The molecular weight excluding hydrogens is 414 g/mol. The lowest BCUT2D eigenvalue weighted by atomic mass is 9.48. The van der Waals surface area contributed by atoms with Crippen molar-refractivity contribution in [1.29, 1.82) is 0 Å². The van der Waals surface area contributed by atoms with Gasteiger partial charge in [-0.2, -0.15) is 0 Å². The second-order valence-corrected chi connectivity index (χ2v) is 12.2. The molecule has 0 aromatic rings. The number of carbonyl (C=O) groups is 2. The Bertz CT molecular complexity index is 817. The highest BCUT2D eigenvalue weighted by Crippen LogP contribution is 2.65. The molecular formula is C28H43NO4. The molecule has 8 atom stereocenters. The molecule has 184 valence electrons. The molecule has 0 aromatic heterocycles. The van der Waals surface area contributed by atoms with Gasteiger partial charge >= 0.3 is 11.9 Å². The number of likely N-dealkylation sites (tertiary alicyclic amines) is 1. The Hall–Kier alpha value is -1.36. The van der Waals surface area contributed by atoms with Crippen LogP contribution in [0.5, 0.6) is 0 Å². The van der Waals surface area contributed by atoms with Gasteiger partial charge in [-0.15, -0.1) is 0 Å². The Morgan fingerprint density at radius 3 is 2.39 bits per heavy atom. The van der Waals surface area contributed by atoms with Crippen molar-refractivity contribution in [3.8, 4) is 0 Å². The summed E-state index contributed by atoms with van der Waals surface area (Å²) < 4.78 is 11.8. The number of rotatable bonds is 3. The van der Waals surface area contributed by atoms with Crippen LogP contribution >= 0.6 is 0 Å². The van der Waals surface area contributed by atoms with Gasteiger partial charge in [0, 0.05) is 31.7 Å². The van der Waals surface area contributed by atoms with Gasteiger partial charge in [0.25, 0.3) is 0 Å². The molecule has 4 aliphatic carbocycles. The highest BCUT2D eigenvalue weighted by molar-refractivity contribution is 5.66. The van der Waals surface area contributed by atoms with Crippen LogP contribution in [0.4, 0.5) is 0 Å². The summed E-state index contributed by atoms with van der Waals surface area (Å²) >= 11 is 0. The normalized spacial score (nSPS) is 45.3. The van der Waals surface area contributed by atoms with E-state index in [9.17, 15) is 9.59 Å². The predicted molar refractivity (Wildman–Crippen MR) is 127 cm³/mol. The number of carbonyl (C=O) groups excluding carboxylic acids is 2. The minimum absolute atomic E-state index is 0.0249. The molecule has 5 nitrogen and oxygen atoms in total. The van der Waals surface area contributed by atoms with Crippen molar-refractivity contribution in [2.45, 2.75) is 110 Å². The van der Waals surface area contributed by atoms with Gasteiger partial charge in [-0.1, -0.05) is 31.9 Å². The van der Waals surface area contributed by atoms with Crippen LogP contribution in [-0.4, -0.2) is 48.2 Å². The minimum Gasteiger partial charge on any atom is -0.462 e. The van der Waals surface area contributed by atoms with Gasteiger partial charge in [-0.05, 0) is 87.6 Å². The van der Waals surface area contributed by atoms with Crippen molar-refractivity contribution in [1.82, 2.24) is 4.90 Å². The molecule has 0 N–H and O–H groups in total. The molecule has 5 rings (SSSR count). The standard InChI is InChI=1S/C28H43NO4/c1-18(30)32-21-10-12-27(3)20(16-21)8-9-22-23(27)11-13-28(4)24(22)17-25(26(28)33-19(2)31)29-14-6-5-7-15-29/h8,21-26H,5-7,9-17H2,1-4H3/t21-,22+,23-,24-,25-,26-,27-,28-/m0/s1. The topological polar surface area (TPSA) is 55.8 Å². The second kappa shape index (κ2) is 8.70. The van der Waals surface area contributed by atoms with E-state index in [1.165, 1.54) is 44.6 Å². The van der Waals surface area contributed by atoms with Crippen molar-refractivity contribution in [3.63, 3.8) is 0 Å². The quantitative estimate of drug-likeness (QED) is 0.426. The van der Waals surface area contributed by atoms with Crippen LogP contribution in [0.3, 0.4) is 0 Å². The molecule has 1 heterocycles. The van der Waals surface area contributed by atoms with E-state index in [2.05, 4.69) is 24.8 Å². The van der Waals surface area contributed by atoms with E-state index in [1.54, 1.807) is 6.92 Å². The molecule has 5 heteroatoms. The molecule has 4 fully saturated rings. The van der Waals surface area contributed by atoms with Crippen molar-refractivity contribution >= 4 is 11.9 Å². The van der Waals surface area contributed by atoms with E-state index in [0.29, 0.717) is 23.8 Å². The van der Waals surface area contributed by atoms with Crippen molar-refractivity contribution in [2.24, 2.45) is 28.6 Å². The van der Waals surface area contributed by atoms with Gasteiger partial charge in [0.1, 0.15) is 12.2 Å². The summed E-state index contributed by atoms with van der Waals surface area (Å²) in [7, 11) is 0. The summed E-state index contributed by atoms with van der Waals surface area (Å²) in [5.74, 6) is 1.68. The summed E-state index contributed by atoms with van der Waals surface area (Å²) in [6.07, 6.45) is 14.1. The second-order valence-electron chi connectivity index (χ2n) is 12.2. The maximum atomic E-state index is 12.2. The third-order valence-corrected chi connectivity index (χ3v) is 10.5. The molecule has 3 saturated carbocycles. The summed E-state index contributed by atoms with van der Waals surface area (Å²) in [5, 5.41) is 0. The van der Waals surface area contributed by atoms with Crippen LogP contribution in [0.25, 0.3) is 0 Å². The molecule has 0 bridgehead atoms. The highest BCUT2D eigenvalue weighted by atomic mass is 16.5. The van der Waals surface area contributed by atoms with Crippen LogP contribution in [0.2, 0.25) is 0 Å². The molecule has 1 aliphatic heterocycles. The average Bonchev–Trinajstić information content (AvgIpc) is 3.06. The van der Waals surface area contributed by atoms with E-state index >= 15 is 0 Å². The Morgan fingerprint density at radius 2 is 1.70 bits per heavy atom. The average molecular weight is 458 g/mol. The molecule has 5 aliphatic rings. The van der Waals surface area contributed by atoms with Crippen molar-refractivity contribution in [3.05, 3.63) is 11.6 Å². The molecule has 0 spiro atoms. The zero-order chi connectivity index (χ0) is 23.4. The van der Waals surface area contributed by atoms with Crippen LogP contribution in [0, 0.1) is 28.6 Å². The van der Waals surface area contributed by atoms with E-state index in [1.807, 2.05) is 0 Å². The zero-order valence-electron chi connectivity index (χ0n) is 21.1. The Morgan fingerprint density at radius 1 is 0.970 bits per heavy atom. The first-order valence-electron chi connectivity index (χ1n) is 13.5. The number of nitrogens with zero attached hydrogens (tertiary/aromatic N) is 1. The maximum Gasteiger partial charge on any atom is 0.302 e. The summed E-state index contributed by atoms with van der Waals surface area (Å²) in [6, 6.07) is 0.376. The number of allylic oxidation sites excluding steroid dienone is 1. The lowest BCUT2D eigenvalue weighted by molar-refractivity contribution is -0.161. The number of hydrogen-bond donors (Lipinski definition) is 0. The van der Waals surface area contributed by atoms with Crippen molar-refractivity contribution < 1.29 is 19.1 Å². The fourth-order valence-electron chi connectivity index (χ4n) is 8.91. The third-order valence-electron chi connectivity index (χ3n) is 10.5. The number of hydrogen-bond acceptors (Lipinski definition) is 5. The largest absolute Gasteiger partial charge is 0.462 e. The number of piperidine rings is 1. The van der Waals surface area contributed by atoms with Crippen LogP contribution in [0.1, 0.15) is 91.9 Å². The molecule has 1 saturated heterocycles. The van der Waals surface area contributed by atoms with E-state index in [0.717, 1.165) is 45.2 Å². The van der Waals surface area contributed by atoms with Gasteiger partial charge in [-0.3, -0.25) is 14.5 Å². The highest BCUT2D eigenvalue weighted by Gasteiger charge is 2.63. The molecule has 0 aromatic carbocycles. The van der Waals surface area contributed by atoms with E-state index in [-0.39, 0.29) is 35.0 Å². The van der Waals surface area contributed by atoms with Crippen molar-refractivity contribution in [2.75, 3.05) is 13.1 Å². The molecule has 0 amide bonds. The summed E-state index contributed by atoms with van der Waals surface area (Å²) in [4.78, 5) is 26.4. The first kappa shape index (κ1) is 23.4. The van der Waals surface area contributed by atoms with E-state index < -0.39 is 0 Å². The summed E-state index contributed by atoms with van der Waals surface area (Å²) in [6.45, 7) is 10.3. The molecule has 0 unspecified atom stereocenters. The Kier molecular flexibility index (Phi) is 6.16. The summed E-state index contributed by atoms with van der Waals surface area (Å²) in [5.41, 5.74) is 1.83. The zero-order valence-corrected chi connectivity index (χ0v) is 21.1. The third kappa shape index (κ3) is 3.96. The first-order valence-corrected chi connectivity index (χ1v) is 13.5. The lowest BCUT2D eigenvalue weighted by Gasteiger charge is -2.57. The van der Waals surface area contributed by atoms with Crippen LogP contribution in [0.15, 0.2) is 11.6 Å². The monoisotopic (exact) mass is 457 g/mol. The Balaban J connectivity index is 1.41. The van der Waals surface area contributed by atoms with Gasteiger partial charge in [0.05, 0.1) is 0 Å². The van der Waals surface area contributed by atoms with E-state index in [4.69, 9.17) is 9.47 Å². The number of ether oxygens (including phenoxy) is 2. The molecule has 33 heavy (non-hydrogen) atoms. The van der Waals surface area contributed by atoms with Crippen LogP contribution in [-0.2, 0) is 19.1 Å². The Labute approximate surface area is 199 Å². The smallest absolute Gasteiger partial charge is 0.302 e. The lowest BCUT2D eigenvalue weighted by Crippen LogP contribution is -2.53. The minimum atomic E-state index is -0.155. The first-order chi connectivity index (χ1) is 15.7. The van der Waals surface area contributed by atoms with Crippen LogP contribution < -0.4 is 0 Å². The maximum absolute atomic E-state index is 12.2. The predicted octanol–water partition coefficient (Wildman–Crippen LogP) is 5.28. The SMILES string of the molecule is CC(=O)O[C@H]1CC[C@@]2(C)C(=CC[C@H]3[C@@H]4C[C@H](N5CCCCC5)[C@H](OC(C)=O)[C@@]4(C)CC[C@@H]32)C1. The number of fused-ring (bicyclic) bond motifs is 5. The van der Waals surface area contributed by atoms with Gasteiger partial charge in [0.2, 0.25) is 0 Å².